The Morgan fingerprint density at radius 1 is 1.05 bits per heavy atom. The predicted molar refractivity (Wildman–Crippen MR) is 81.3 cm³/mol. The number of carbonyl (C=O) groups is 1. The Kier molecular flexibility index (Phi) is 4.56. The summed E-state index contributed by atoms with van der Waals surface area (Å²) in [6.07, 6.45) is 3.17. The Balaban J connectivity index is 1.95. The smallest absolute Gasteiger partial charge is 0.187 e. The summed E-state index contributed by atoms with van der Waals surface area (Å²) in [5.74, 6) is 0.779. The SMILES string of the molecule is COc1ccc(N/C=C/C(=O)c2ccc(C)cc2)cc1. The summed E-state index contributed by atoms with van der Waals surface area (Å²) in [6, 6.07) is 15.0. The molecule has 0 aliphatic heterocycles. The monoisotopic (exact) mass is 267 g/mol. The first-order valence-corrected chi connectivity index (χ1v) is 6.37. The third-order valence-corrected chi connectivity index (χ3v) is 2.91. The van der Waals surface area contributed by atoms with E-state index in [9.17, 15) is 4.79 Å². The number of hydrogen-bond acceptors (Lipinski definition) is 3. The fraction of sp³-hybridized carbons (Fsp3) is 0.118. The van der Waals surface area contributed by atoms with Crippen LogP contribution in [0.2, 0.25) is 0 Å². The van der Waals surface area contributed by atoms with E-state index in [1.165, 1.54) is 6.08 Å². The average Bonchev–Trinajstić information content (AvgIpc) is 2.48. The maximum absolute atomic E-state index is 11.9. The van der Waals surface area contributed by atoms with Crippen molar-refractivity contribution in [3.05, 3.63) is 71.9 Å². The lowest BCUT2D eigenvalue weighted by Gasteiger charge is -2.02. The van der Waals surface area contributed by atoms with Gasteiger partial charge in [-0.1, -0.05) is 29.8 Å². The summed E-state index contributed by atoms with van der Waals surface area (Å²) in [4.78, 5) is 11.9. The number of nitrogens with one attached hydrogen (secondary N) is 1. The van der Waals surface area contributed by atoms with Crippen molar-refractivity contribution in [1.82, 2.24) is 0 Å². The molecule has 1 N–H and O–H groups in total. The van der Waals surface area contributed by atoms with Gasteiger partial charge in [0.1, 0.15) is 5.75 Å². The van der Waals surface area contributed by atoms with Crippen LogP contribution in [0.5, 0.6) is 5.75 Å². The standard InChI is InChI=1S/C17H17NO2/c1-13-3-5-14(6-4-13)17(19)11-12-18-15-7-9-16(20-2)10-8-15/h3-12,18H,1-2H3/b12-11+. The molecule has 0 bridgehead atoms. The van der Waals surface area contributed by atoms with Crippen molar-refractivity contribution < 1.29 is 9.53 Å². The average molecular weight is 267 g/mol. The Bertz CT molecular complexity index is 598. The van der Waals surface area contributed by atoms with Crippen LogP contribution in [0.4, 0.5) is 5.69 Å². The summed E-state index contributed by atoms with van der Waals surface area (Å²) < 4.78 is 5.08. The molecule has 0 fully saturated rings. The minimum absolute atomic E-state index is 0.0222. The topological polar surface area (TPSA) is 38.3 Å². The van der Waals surface area contributed by atoms with E-state index in [1.54, 1.807) is 13.3 Å². The zero-order valence-electron chi connectivity index (χ0n) is 11.6. The van der Waals surface area contributed by atoms with Crippen molar-refractivity contribution in [2.75, 3.05) is 12.4 Å². The van der Waals surface area contributed by atoms with Crippen LogP contribution in [-0.4, -0.2) is 12.9 Å². The van der Waals surface area contributed by atoms with Gasteiger partial charge in [0.25, 0.3) is 0 Å². The van der Waals surface area contributed by atoms with Gasteiger partial charge < -0.3 is 10.1 Å². The number of anilines is 1. The third kappa shape index (κ3) is 3.72. The molecule has 3 heteroatoms. The molecule has 20 heavy (non-hydrogen) atoms. The minimum atomic E-state index is -0.0222. The van der Waals surface area contributed by atoms with E-state index < -0.39 is 0 Å². The van der Waals surface area contributed by atoms with Gasteiger partial charge in [-0.25, -0.2) is 0 Å². The van der Waals surface area contributed by atoms with Crippen molar-refractivity contribution in [2.45, 2.75) is 6.92 Å². The maximum Gasteiger partial charge on any atom is 0.187 e. The zero-order chi connectivity index (χ0) is 14.4. The molecule has 2 rings (SSSR count). The molecule has 0 heterocycles. The zero-order valence-corrected chi connectivity index (χ0v) is 11.6. The first kappa shape index (κ1) is 13.9. The molecule has 2 aromatic carbocycles. The Hall–Kier alpha value is -2.55. The molecule has 0 saturated heterocycles. The van der Waals surface area contributed by atoms with E-state index in [2.05, 4.69) is 5.32 Å². The second kappa shape index (κ2) is 6.57. The van der Waals surface area contributed by atoms with Crippen molar-refractivity contribution in [1.29, 1.82) is 0 Å². The van der Waals surface area contributed by atoms with Crippen LogP contribution in [0.25, 0.3) is 0 Å². The number of carbonyl (C=O) groups excluding carboxylic acids is 1. The van der Waals surface area contributed by atoms with Crippen molar-refractivity contribution >= 4 is 11.5 Å². The van der Waals surface area contributed by atoms with E-state index in [0.717, 1.165) is 17.0 Å². The maximum atomic E-state index is 11.9. The van der Waals surface area contributed by atoms with Gasteiger partial charge in [0.2, 0.25) is 0 Å². The lowest BCUT2D eigenvalue weighted by molar-refractivity contribution is 0.104. The molecule has 0 spiro atoms. The predicted octanol–water partition coefficient (Wildman–Crippen LogP) is 3.81. The van der Waals surface area contributed by atoms with Gasteiger partial charge in [-0.15, -0.1) is 0 Å². The molecule has 0 unspecified atom stereocenters. The highest BCUT2D eigenvalue weighted by Crippen LogP contribution is 2.14. The summed E-state index contributed by atoms with van der Waals surface area (Å²) in [7, 11) is 1.63. The molecule has 3 nitrogen and oxygen atoms in total. The highest BCUT2D eigenvalue weighted by Gasteiger charge is 2.00. The number of methoxy groups -OCH3 is 1. The lowest BCUT2D eigenvalue weighted by Crippen LogP contribution is -1.96. The molecule has 0 aliphatic rings. The number of benzene rings is 2. The molecule has 0 saturated carbocycles. The second-order valence-electron chi connectivity index (χ2n) is 4.44. The molecule has 102 valence electrons. The molecular formula is C17H17NO2. The number of ketones is 1. The van der Waals surface area contributed by atoms with Gasteiger partial charge in [0, 0.05) is 23.5 Å². The summed E-state index contributed by atoms with van der Waals surface area (Å²) in [5.41, 5.74) is 2.73. The summed E-state index contributed by atoms with van der Waals surface area (Å²) in [5, 5.41) is 3.05. The fourth-order valence-electron chi connectivity index (χ4n) is 1.71. The molecule has 0 aromatic heterocycles. The molecule has 0 aliphatic carbocycles. The third-order valence-electron chi connectivity index (χ3n) is 2.91. The summed E-state index contributed by atoms with van der Waals surface area (Å²) in [6.45, 7) is 2.00. The number of rotatable bonds is 5. The number of ether oxygens (including phenoxy) is 1. The van der Waals surface area contributed by atoms with Gasteiger partial charge >= 0.3 is 0 Å². The van der Waals surface area contributed by atoms with Gasteiger partial charge in [-0.05, 0) is 31.2 Å². The molecule has 0 amide bonds. The van der Waals surface area contributed by atoms with Crippen LogP contribution < -0.4 is 10.1 Å². The quantitative estimate of drug-likeness (QED) is 0.661. The van der Waals surface area contributed by atoms with Crippen molar-refractivity contribution in [2.24, 2.45) is 0 Å². The van der Waals surface area contributed by atoms with E-state index in [4.69, 9.17) is 4.74 Å². The largest absolute Gasteiger partial charge is 0.497 e. The first-order chi connectivity index (χ1) is 9.69. The van der Waals surface area contributed by atoms with E-state index in [1.807, 2.05) is 55.5 Å². The van der Waals surface area contributed by atoms with E-state index >= 15 is 0 Å². The number of aryl methyl sites for hydroxylation is 1. The van der Waals surface area contributed by atoms with Gasteiger partial charge in [0.15, 0.2) is 5.78 Å². The Morgan fingerprint density at radius 3 is 2.30 bits per heavy atom. The van der Waals surface area contributed by atoms with E-state index in [-0.39, 0.29) is 5.78 Å². The van der Waals surface area contributed by atoms with E-state index in [0.29, 0.717) is 5.56 Å². The van der Waals surface area contributed by atoms with Crippen LogP contribution in [0.1, 0.15) is 15.9 Å². The highest BCUT2D eigenvalue weighted by molar-refractivity contribution is 6.04. The first-order valence-electron chi connectivity index (χ1n) is 6.37. The lowest BCUT2D eigenvalue weighted by atomic mass is 10.1. The van der Waals surface area contributed by atoms with Crippen LogP contribution in [0, 0.1) is 6.92 Å². The van der Waals surface area contributed by atoms with Gasteiger partial charge in [0.05, 0.1) is 7.11 Å². The normalized spacial score (nSPS) is 10.5. The van der Waals surface area contributed by atoms with Crippen LogP contribution in [0.3, 0.4) is 0 Å². The van der Waals surface area contributed by atoms with Gasteiger partial charge in [-0.2, -0.15) is 0 Å². The number of hydrogen-bond donors (Lipinski definition) is 1. The molecule has 2 aromatic rings. The van der Waals surface area contributed by atoms with Crippen LogP contribution >= 0.6 is 0 Å². The van der Waals surface area contributed by atoms with Crippen LogP contribution in [-0.2, 0) is 0 Å². The minimum Gasteiger partial charge on any atom is -0.497 e. The fourth-order valence-corrected chi connectivity index (χ4v) is 1.71. The van der Waals surface area contributed by atoms with Crippen molar-refractivity contribution in [3.63, 3.8) is 0 Å². The molecule has 0 atom stereocenters. The number of allylic oxidation sites excluding steroid dienone is 1. The molecular weight excluding hydrogens is 250 g/mol. The summed E-state index contributed by atoms with van der Waals surface area (Å²) >= 11 is 0. The Morgan fingerprint density at radius 2 is 1.70 bits per heavy atom. The second-order valence-corrected chi connectivity index (χ2v) is 4.44. The Labute approximate surface area is 118 Å². The highest BCUT2D eigenvalue weighted by atomic mass is 16.5. The van der Waals surface area contributed by atoms with Crippen molar-refractivity contribution in [3.8, 4) is 5.75 Å². The van der Waals surface area contributed by atoms with Gasteiger partial charge in [-0.3, -0.25) is 4.79 Å². The van der Waals surface area contributed by atoms with Crippen LogP contribution in [0.15, 0.2) is 60.8 Å². The molecule has 0 radical (unpaired) electrons.